The summed E-state index contributed by atoms with van der Waals surface area (Å²) in [6.07, 6.45) is -0.459. The Kier molecular flexibility index (Phi) is 4.89. The van der Waals surface area contributed by atoms with Crippen molar-refractivity contribution in [2.75, 3.05) is 7.11 Å². The van der Waals surface area contributed by atoms with E-state index in [0.29, 0.717) is 9.64 Å². The molecule has 0 bridgehead atoms. The maximum Gasteiger partial charge on any atom is 0.311 e. The maximum atomic E-state index is 14.3. The molecule has 0 unspecified atom stereocenters. The van der Waals surface area contributed by atoms with Crippen molar-refractivity contribution < 1.29 is 22.8 Å². The van der Waals surface area contributed by atoms with Crippen LogP contribution >= 0.6 is 22.6 Å². The summed E-state index contributed by atoms with van der Waals surface area (Å²) in [4.78, 5) is 9.96. The van der Waals surface area contributed by atoms with Crippen LogP contribution < -0.4 is 4.74 Å². The van der Waals surface area contributed by atoms with Crippen molar-refractivity contribution in [1.29, 1.82) is 0 Å². The summed E-state index contributed by atoms with van der Waals surface area (Å²) in [5, 5.41) is 11.0. The van der Waals surface area contributed by atoms with Gasteiger partial charge in [0.25, 0.3) is 0 Å². The van der Waals surface area contributed by atoms with E-state index < -0.39 is 45.8 Å². The number of benzene rings is 2. The van der Waals surface area contributed by atoms with Gasteiger partial charge >= 0.3 is 5.69 Å². The van der Waals surface area contributed by atoms with Crippen molar-refractivity contribution in [2.45, 2.75) is 6.42 Å². The molecule has 22 heavy (non-hydrogen) atoms. The lowest BCUT2D eigenvalue weighted by Crippen LogP contribution is -2.06. The lowest BCUT2D eigenvalue weighted by Gasteiger charge is -2.10. The fourth-order valence-electron chi connectivity index (χ4n) is 2.01. The first-order valence-electron chi connectivity index (χ1n) is 5.98. The van der Waals surface area contributed by atoms with Crippen molar-refractivity contribution in [1.82, 2.24) is 0 Å². The Bertz CT molecular complexity index is 753. The summed E-state index contributed by atoms with van der Waals surface area (Å²) >= 11 is 1.89. The highest BCUT2D eigenvalue weighted by Crippen LogP contribution is 2.34. The predicted octanol–water partition coefficient (Wildman–Crippen LogP) is 4.22. The van der Waals surface area contributed by atoms with E-state index in [0.717, 1.165) is 7.11 Å². The average Bonchev–Trinajstić information content (AvgIpc) is 2.44. The first-order chi connectivity index (χ1) is 10.3. The third-order valence-electron chi connectivity index (χ3n) is 3.04. The quantitative estimate of drug-likeness (QED) is 0.421. The molecule has 2 aromatic rings. The molecule has 0 radical (unpaired) electrons. The molecule has 0 fully saturated rings. The lowest BCUT2D eigenvalue weighted by atomic mass is 10.0. The van der Waals surface area contributed by atoms with Crippen LogP contribution in [0.1, 0.15) is 11.1 Å². The molecule has 0 saturated heterocycles. The van der Waals surface area contributed by atoms with Gasteiger partial charge in [-0.15, -0.1) is 0 Å². The molecule has 0 saturated carbocycles. The van der Waals surface area contributed by atoms with Crippen LogP contribution in [-0.4, -0.2) is 12.0 Å². The number of nitrogens with zero attached hydrogens (tertiary/aromatic N) is 1. The Hall–Kier alpha value is -1.84. The summed E-state index contributed by atoms with van der Waals surface area (Å²) in [6, 6.07) is 4.74. The van der Waals surface area contributed by atoms with Crippen molar-refractivity contribution in [3.05, 3.63) is 66.5 Å². The minimum atomic E-state index is -1.23. The molecule has 2 rings (SSSR count). The zero-order valence-electron chi connectivity index (χ0n) is 11.2. The van der Waals surface area contributed by atoms with E-state index in [1.807, 2.05) is 22.6 Å². The fourth-order valence-corrected chi connectivity index (χ4v) is 2.46. The van der Waals surface area contributed by atoms with Crippen LogP contribution in [0.25, 0.3) is 0 Å². The van der Waals surface area contributed by atoms with Crippen LogP contribution in [-0.2, 0) is 6.42 Å². The Morgan fingerprint density at radius 1 is 1.23 bits per heavy atom. The fraction of sp³-hybridized carbons (Fsp3) is 0.143. The molecule has 2 aromatic carbocycles. The highest BCUT2D eigenvalue weighted by molar-refractivity contribution is 14.1. The standard InChI is InChI=1S/C14H9F3INO3/c1-22-12-6-11(16)14(19(20)21)9(13(12)17)4-7-2-3-8(18)5-10(7)15/h2-3,5-6H,4H2,1H3. The molecule has 0 aromatic heterocycles. The number of methoxy groups -OCH3 is 1. The first-order valence-corrected chi connectivity index (χ1v) is 7.06. The average molecular weight is 423 g/mol. The highest BCUT2D eigenvalue weighted by Gasteiger charge is 2.28. The van der Waals surface area contributed by atoms with E-state index in [1.165, 1.54) is 12.1 Å². The summed E-state index contributed by atoms with van der Waals surface area (Å²) in [5.41, 5.74) is -1.55. The van der Waals surface area contributed by atoms with Crippen LogP contribution in [0, 0.1) is 31.1 Å². The Morgan fingerprint density at radius 2 is 1.91 bits per heavy atom. The van der Waals surface area contributed by atoms with E-state index in [9.17, 15) is 23.3 Å². The van der Waals surface area contributed by atoms with E-state index in [1.54, 1.807) is 6.07 Å². The monoisotopic (exact) mass is 423 g/mol. The largest absolute Gasteiger partial charge is 0.494 e. The second-order valence-electron chi connectivity index (χ2n) is 4.37. The smallest absolute Gasteiger partial charge is 0.311 e. The first kappa shape index (κ1) is 16.5. The van der Waals surface area contributed by atoms with Gasteiger partial charge in [0, 0.05) is 16.1 Å². The van der Waals surface area contributed by atoms with Crippen LogP contribution in [0.5, 0.6) is 5.75 Å². The highest BCUT2D eigenvalue weighted by atomic mass is 127. The topological polar surface area (TPSA) is 52.4 Å². The lowest BCUT2D eigenvalue weighted by molar-refractivity contribution is -0.388. The Morgan fingerprint density at radius 3 is 2.45 bits per heavy atom. The van der Waals surface area contributed by atoms with E-state index in [-0.39, 0.29) is 5.56 Å². The summed E-state index contributed by atoms with van der Waals surface area (Å²) in [5.74, 6) is -3.43. The molecule has 0 aliphatic carbocycles. The summed E-state index contributed by atoms with van der Waals surface area (Å²) in [7, 11) is 1.11. The maximum absolute atomic E-state index is 14.3. The molecule has 116 valence electrons. The number of rotatable bonds is 4. The molecule has 0 aliphatic heterocycles. The van der Waals surface area contributed by atoms with Gasteiger partial charge < -0.3 is 4.74 Å². The number of nitro benzene ring substituents is 1. The zero-order chi connectivity index (χ0) is 16.4. The van der Waals surface area contributed by atoms with Gasteiger partial charge in [0.05, 0.1) is 17.6 Å². The van der Waals surface area contributed by atoms with Gasteiger partial charge in [-0.1, -0.05) is 6.07 Å². The van der Waals surface area contributed by atoms with Crippen LogP contribution in [0.3, 0.4) is 0 Å². The second kappa shape index (κ2) is 6.51. The van der Waals surface area contributed by atoms with Gasteiger partial charge in [-0.25, -0.2) is 8.78 Å². The molecule has 4 nitrogen and oxygen atoms in total. The second-order valence-corrected chi connectivity index (χ2v) is 5.62. The normalized spacial score (nSPS) is 10.6. The SMILES string of the molecule is COc1cc(F)c([N+](=O)[O-])c(Cc2ccc(I)cc2F)c1F. The molecule has 0 atom stereocenters. The molecular formula is C14H9F3INO3. The summed E-state index contributed by atoms with van der Waals surface area (Å²) in [6.45, 7) is 0. The predicted molar refractivity (Wildman–Crippen MR) is 81.5 cm³/mol. The minimum absolute atomic E-state index is 0.0232. The number of ether oxygens (including phenoxy) is 1. The third kappa shape index (κ3) is 3.16. The Labute approximate surface area is 137 Å². The number of nitro groups is 1. The third-order valence-corrected chi connectivity index (χ3v) is 3.71. The van der Waals surface area contributed by atoms with Crippen molar-refractivity contribution in [2.24, 2.45) is 0 Å². The van der Waals surface area contributed by atoms with Gasteiger partial charge in [0.2, 0.25) is 5.82 Å². The van der Waals surface area contributed by atoms with E-state index >= 15 is 0 Å². The van der Waals surface area contributed by atoms with Gasteiger partial charge in [0.1, 0.15) is 5.82 Å². The van der Waals surface area contributed by atoms with E-state index in [4.69, 9.17) is 0 Å². The number of hydrogen-bond acceptors (Lipinski definition) is 3. The molecule has 0 spiro atoms. The van der Waals surface area contributed by atoms with Crippen molar-refractivity contribution in [3.8, 4) is 5.75 Å². The minimum Gasteiger partial charge on any atom is -0.494 e. The molecule has 0 aliphatic rings. The number of hydrogen-bond donors (Lipinski definition) is 0. The van der Waals surface area contributed by atoms with Crippen LogP contribution in [0.15, 0.2) is 24.3 Å². The molecule has 0 N–H and O–H groups in total. The van der Waals surface area contributed by atoms with E-state index in [2.05, 4.69) is 4.74 Å². The summed E-state index contributed by atoms with van der Waals surface area (Å²) < 4.78 is 47.2. The molecular weight excluding hydrogens is 414 g/mol. The molecule has 0 heterocycles. The van der Waals surface area contributed by atoms with Crippen molar-refractivity contribution >= 4 is 28.3 Å². The van der Waals surface area contributed by atoms with Gasteiger partial charge in [-0.05, 0) is 40.3 Å². The van der Waals surface area contributed by atoms with Crippen LogP contribution in [0.4, 0.5) is 18.9 Å². The molecule has 8 heteroatoms. The van der Waals surface area contributed by atoms with Gasteiger partial charge in [-0.3, -0.25) is 10.1 Å². The van der Waals surface area contributed by atoms with Crippen molar-refractivity contribution in [3.63, 3.8) is 0 Å². The van der Waals surface area contributed by atoms with Gasteiger partial charge in [0.15, 0.2) is 11.6 Å². The van der Waals surface area contributed by atoms with Gasteiger partial charge in [-0.2, -0.15) is 4.39 Å². The number of halogens is 4. The molecule has 0 amide bonds. The Balaban J connectivity index is 2.62. The van der Waals surface area contributed by atoms with Crippen LogP contribution in [0.2, 0.25) is 0 Å². The zero-order valence-corrected chi connectivity index (χ0v) is 13.4.